The van der Waals surface area contributed by atoms with E-state index in [1.807, 2.05) is 0 Å². The van der Waals surface area contributed by atoms with Gasteiger partial charge in [0.05, 0.1) is 6.61 Å². The third kappa shape index (κ3) is 5.20. The molecule has 0 aliphatic rings. The van der Waals surface area contributed by atoms with Crippen LogP contribution in [-0.4, -0.2) is 60.4 Å². The van der Waals surface area contributed by atoms with E-state index in [0.29, 0.717) is 0 Å². The van der Waals surface area contributed by atoms with E-state index in [1.165, 1.54) is 6.92 Å². The van der Waals surface area contributed by atoms with Gasteiger partial charge in [0, 0.05) is 0 Å². The number of carbonyl (C=O) groups is 1. The molecular formula is C5H9F2NaO5S. The number of alkyl halides is 2. The molecule has 80 valence electrons. The van der Waals surface area contributed by atoms with E-state index in [1.54, 1.807) is 0 Å². The van der Waals surface area contributed by atoms with Gasteiger partial charge in [-0.3, -0.25) is 9.35 Å². The maximum absolute atomic E-state index is 12.4. The van der Waals surface area contributed by atoms with Gasteiger partial charge < -0.3 is 4.74 Å². The molecule has 0 aliphatic carbocycles. The Morgan fingerprint density at radius 1 is 1.50 bits per heavy atom. The van der Waals surface area contributed by atoms with Crippen molar-refractivity contribution in [2.45, 2.75) is 18.6 Å². The van der Waals surface area contributed by atoms with Crippen molar-refractivity contribution in [1.82, 2.24) is 0 Å². The van der Waals surface area contributed by atoms with Gasteiger partial charge >= 0.3 is 50.9 Å². The minimum absolute atomic E-state index is 0. The Hall–Kier alpha value is 0.240. The van der Waals surface area contributed by atoms with Crippen molar-refractivity contribution in [3.63, 3.8) is 0 Å². The first-order valence-corrected chi connectivity index (χ1v) is 4.65. The summed E-state index contributed by atoms with van der Waals surface area (Å²) < 4.78 is 56.8. The molecule has 1 N–H and O–H groups in total. The summed E-state index contributed by atoms with van der Waals surface area (Å²) in [5, 5.41) is -4.49. The second-order valence-electron chi connectivity index (χ2n) is 2.09. The summed E-state index contributed by atoms with van der Waals surface area (Å²) in [5.74, 6) is -1.38. The van der Waals surface area contributed by atoms with Crippen molar-refractivity contribution in [3.05, 3.63) is 0 Å². The molecule has 0 aromatic heterocycles. The Balaban J connectivity index is 0. The molecular weight excluding hydrogens is 233 g/mol. The first kappa shape index (κ1) is 16.7. The molecule has 0 rings (SSSR count). The number of rotatable bonds is 4. The fraction of sp³-hybridized carbons (Fsp3) is 0.800. The third-order valence-electron chi connectivity index (χ3n) is 1.03. The van der Waals surface area contributed by atoms with Gasteiger partial charge in [-0.25, -0.2) is 0 Å². The molecule has 5 nitrogen and oxygen atoms in total. The van der Waals surface area contributed by atoms with Gasteiger partial charge in [-0.2, -0.15) is 17.2 Å². The first-order chi connectivity index (χ1) is 5.70. The van der Waals surface area contributed by atoms with Gasteiger partial charge in [-0.1, -0.05) is 0 Å². The number of hydrogen-bond donors (Lipinski definition) is 1. The zero-order valence-electron chi connectivity index (χ0n) is 6.66. The summed E-state index contributed by atoms with van der Waals surface area (Å²) >= 11 is 0. The van der Waals surface area contributed by atoms with Crippen LogP contribution in [0.15, 0.2) is 0 Å². The van der Waals surface area contributed by atoms with Crippen LogP contribution in [0.2, 0.25) is 0 Å². The van der Waals surface area contributed by atoms with Gasteiger partial charge in [0.25, 0.3) is 0 Å². The molecule has 0 radical (unpaired) electrons. The molecule has 0 saturated carbocycles. The number of esters is 1. The Bertz CT molecular complexity index is 288. The van der Waals surface area contributed by atoms with E-state index >= 15 is 0 Å². The molecule has 0 saturated heterocycles. The molecule has 14 heavy (non-hydrogen) atoms. The Labute approximate surface area is 102 Å². The molecule has 0 aromatic carbocycles. The van der Waals surface area contributed by atoms with Crippen LogP contribution in [0.1, 0.15) is 13.3 Å². The van der Waals surface area contributed by atoms with E-state index in [4.69, 9.17) is 4.55 Å². The molecule has 0 aromatic rings. The standard InChI is InChI=1S/C5H8F2O5S.Na.H/c1-2-12-4(8)3-5(6,7)13(9,10)11;;/h2-3H2,1H3,(H,9,10,11);;. The fourth-order valence-electron chi connectivity index (χ4n) is 0.471. The molecule has 0 heterocycles. The van der Waals surface area contributed by atoms with Gasteiger partial charge in [-0.05, 0) is 6.92 Å². The molecule has 0 fully saturated rings. The van der Waals surface area contributed by atoms with E-state index in [0.717, 1.165) is 0 Å². The van der Waals surface area contributed by atoms with E-state index in [2.05, 4.69) is 4.74 Å². The Kier molecular flexibility index (Phi) is 7.10. The average Bonchev–Trinajstić information content (AvgIpc) is 1.83. The van der Waals surface area contributed by atoms with Gasteiger partial charge in [0.15, 0.2) is 0 Å². The predicted molar refractivity (Wildman–Crippen MR) is 44.9 cm³/mol. The molecule has 0 amide bonds. The number of carbonyl (C=O) groups excluding carboxylic acids is 1. The minimum atomic E-state index is -5.55. The van der Waals surface area contributed by atoms with Crippen molar-refractivity contribution in [1.29, 1.82) is 0 Å². The predicted octanol–water partition coefficient (Wildman–Crippen LogP) is -0.228. The van der Waals surface area contributed by atoms with Crippen LogP contribution in [0.5, 0.6) is 0 Å². The van der Waals surface area contributed by atoms with Crippen molar-refractivity contribution in [3.8, 4) is 0 Å². The van der Waals surface area contributed by atoms with Gasteiger partial charge in [0.2, 0.25) is 0 Å². The summed E-state index contributed by atoms with van der Waals surface area (Å²) in [5.41, 5.74) is 0. The van der Waals surface area contributed by atoms with Crippen LogP contribution < -0.4 is 0 Å². The summed E-state index contributed by atoms with van der Waals surface area (Å²) in [7, 11) is -5.55. The third-order valence-corrected chi connectivity index (χ3v) is 1.93. The SMILES string of the molecule is CCOC(=O)CC(F)(F)S(=O)(=O)O.[NaH]. The van der Waals surface area contributed by atoms with Crippen LogP contribution >= 0.6 is 0 Å². The number of halogens is 2. The fourth-order valence-corrected chi connectivity index (χ4v) is 0.772. The zero-order chi connectivity index (χ0) is 10.7. The van der Waals surface area contributed by atoms with Gasteiger partial charge in [0.1, 0.15) is 6.42 Å². The van der Waals surface area contributed by atoms with Crippen LogP contribution in [0.25, 0.3) is 0 Å². The second kappa shape index (κ2) is 5.96. The monoisotopic (exact) mass is 242 g/mol. The molecule has 0 atom stereocenters. The Morgan fingerprint density at radius 2 is 1.93 bits per heavy atom. The maximum atomic E-state index is 12.4. The van der Waals surface area contributed by atoms with Crippen LogP contribution in [0.4, 0.5) is 8.78 Å². The summed E-state index contributed by atoms with van der Waals surface area (Å²) in [6.07, 6.45) is -1.68. The van der Waals surface area contributed by atoms with Crippen molar-refractivity contribution >= 4 is 45.6 Å². The molecule has 0 unspecified atom stereocenters. The normalized spacial score (nSPS) is 11.7. The first-order valence-electron chi connectivity index (χ1n) is 3.21. The topological polar surface area (TPSA) is 80.7 Å². The quantitative estimate of drug-likeness (QED) is 0.418. The van der Waals surface area contributed by atoms with E-state index < -0.39 is 27.8 Å². The second-order valence-corrected chi connectivity index (χ2v) is 3.64. The summed E-state index contributed by atoms with van der Waals surface area (Å²) in [6.45, 7) is 1.24. The van der Waals surface area contributed by atoms with E-state index in [-0.39, 0.29) is 36.2 Å². The Morgan fingerprint density at radius 3 is 2.21 bits per heavy atom. The summed E-state index contributed by atoms with van der Waals surface area (Å²) in [4.78, 5) is 10.4. The van der Waals surface area contributed by atoms with E-state index in [9.17, 15) is 22.0 Å². The van der Waals surface area contributed by atoms with Gasteiger partial charge in [-0.15, -0.1) is 0 Å². The van der Waals surface area contributed by atoms with Crippen molar-refractivity contribution in [2.24, 2.45) is 0 Å². The van der Waals surface area contributed by atoms with Crippen LogP contribution in [0.3, 0.4) is 0 Å². The molecule has 0 spiro atoms. The molecule has 0 aliphatic heterocycles. The number of ether oxygens (including phenoxy) is 1. The average molecular weight is 242 g/mol. The van der Waals surface area contributed by atoms with Crippen LogP contribution in [0, 0.1) is 0 Å². The van der Waals surface area contributed by atoms with Crippen molar-refractivity contribution < 1.29 is 31.3 Å². The summed E-state index contributed by atoms with van der Waals surface area (Å²) in [6, 6.07) is 0. The van der Waals surface area contributed by atoms with Crippen molar-refractivity contribution in [2.75, 3.05) is 6.61 Å². The number of hydrogen-bond acceptors (Lipinski definition) is 4. The molecule has 0 bridgehead atoms. The van der Waals surface area contributed by atoms with Crippen LogP contribution in [-0.2, 0) is 19.6 Å². The zero-order valence-corrected chi connectivity index (χ0v) is 7.48. The molecule has 9 heteroatoms.